The summed E-state index contributed by atoms with van der Waals surface area (Å²) in [6.45, 7) is 1.17. The van der Waals surface area contributed by atoms with Gasteiger partial charge in [-0.25, -0.2) is 4.39 Å². The maximum atomic E-state index is 13.6. The van der Waals surface area contributed by atoms with Crippen LogP contribution in [0.3, 0.4) is 0 Å². The van der Waals surface area contributed by atoms with Gasteiger partial charge in [-0.1, -0.05) is 41.9 Å². The number of nitrogens with one attached hydrogen (secondary N) is 1. The maximum Gasteiger partial charge on any atom is 0.234 e. The summed E-state index contributed by atoms with van der Waals surface area (Å²) in [6, 6.07) is 14.2. The van der Waals surface area contributed by atoms with Gasteiger partial charge in [-0.3, -0.25) is 9.69 Å². The van der Waals surface area contributed by atoms with Crippen LogP contribution in [-0.4, -0.2) is 30.9 Å². The van der Waals surface area contributed by atoms with E-state index in [9.17, 15) is 9.18 Å². The number of hydrogen-bond acceptors (Lipinski definition) is 2. The monoisotopic (exact) mass is 334 g/mol. The molecule has 2 aromatic carbocycles. The fraction of sp³-hybridized carbons (Fsp3) is 0.278. The third kappa shape index (κ3) is 6.00. The van der Waals surface area contributed by atoms with Gasteiger partial charge in [0.1, 0.15) is 5.82 Å². The van der Waals surface area contributed by atoms with Crippen molar-refractivity contribution in [1.29, 1.82) is 0 Å². The van der Waals surface area contributed by atoms with E-state index in [4.69, 9.17) is 11.6 Å². The van der Waals surface area contributed by atoms with Crippen LogP contribution in [0.1, 0.15) is 11.1 Å². The molecule has 0 atom stereocenters. The molecule has 3 nitrogen and oxygen atoms in total. The Labute approximate surface area is 141 Å². The largest absolute Gasteiger partial charge is 0.355 e. The zero-order chi connectivity index (χ0) is 16.7. The van der Waals surface area contributed by atoms with E-state index in [0.29, 0.717) is 23.7 Å². The van der Waals surface area contributed by atoms with Crippen LogP contribution in [0.25, 0.3) is 0 Å². The first-order chi connectivity index (χ1) is 11.0. The number of likely N-dealkylation sites (N-methyl/N-ethyl adjacent to an activating group) is 1. The number of carbonyl (C=O) groups excluding carboxylic acids is 1. The second-order valence-electron chi connectivity index (χ2n) is 5.49. The summed E-state index contributed by atoms with van der Waals surface area (Å²) in [5.41, 5.74) is 1.67. The molecule has 2 aromatic rings. The molecule has 0 heterocycles. The van der Waals surface area contributed by atoms with E-state index in [1.165, 1.54) is 6.07 Å². The third-order valence-electron chi connectivity index (χ3n) is 3.44. The predicted molar refractivity (Wildman–Crippen MR) is 90.9 cm³/mol. The van der Waals surface area contributed by atoms with Gasteiger partial charge >= 0.3 is 0 Å². The van der Waals surface area contributed by atoms with Crippen LogP contribution in [-0.2, 0) is 17.8 Å². The molecule has 5 heteroatoms. The number of amides is 1. The maximum absolute atomic E-state index is 13.6. The molecule has 0 bridgehead atoms. The van der Waals surface area contributed by atoms with E-state index in [2.05, 4.69) is 5.32 Å². The molecule has 0 saturated heterocycles. The van der Waals surface area contributed by atoms with Crippen LogP contribution >= 0.6 is 11.6 Å². The lowest BCUT2D eigenvalue weighted by Crippen LogP contribution is -2.36. The summed E-state index contributed by atoms with van der Waals surface area (Å²) in [7, 11) is 1.79. The number of benzene rings is 2. The Balaban J connectivity index is 1.73. The van der Waals surface area contributed by atoms with Crippen molar-refractivity contribution in [3.8, 4) is 0 Å². The van der Waals surface area contributed by atoms with Crippen molar-refractivity contribution >= 4 is 17.5 Å². The highest BCUT2D eigenvalue weighted by atomic mass is 35.5. The van der Waals surface area contributed by atoms with Gasteiger partial charge in [-0.05, 0) is 37.2 Å². The molecular weight excluding hydrogens is 315 g/mol. The minimum absolute atomic E-state index is 0.0779. The zero-order valence-corrected chi connectivity index (χ0v) is 13.8. The molecule has 0 saturated carbocycles. The predicted octanol–water partition coefficient (Wildman–Crippen LogP) is 3.27. The molecule has 0 aliphatic heterocycles. The van der Waals surface area contributed by atoms with Gasteiger partial charge in [0.15, 0.2) is 0 Å². The second kappa shape index (κ2) is 8.65. The molecule has 1 amide bonds. The minimum Gasteiger partial charge on any atom is -0.355 e. The Morgan fingerprint density at radius 1 is 1.22 bits per heavy atom. The van der Waals surface area contributed by atoms with Gasteiger partial charge in [0.25, 0.3) is 0 Å². The smallest absolute Gasteiger partial charge is 0.234 e. The van der Waals surface area contributed by atoms with Crippen LogP contribution in [0.4, 0.5) is 4.39 Å². The van der Waals surface area contributed by atoms with E-state index in [0.717, 1.165) is 12.0 Å². The number of hydrogen-bond donors (Lipinski definition) is 1. The molecule has 0 aliphatic rings. The third-order valence-corrected chi connectivity index (χ3v) is 3.67. The number of nitrogens with zero attached hydrogens (tertiary/aromatic N) is 1. The van der Waals surface area contributed by atoms with Crippen molar-refractivity contribution in [2.75, 3.05) is 20.1 Å². The van der Waals surface area contributed by atoms with Crippen molar-refractivity contribution in [3.05, 3.63) is 70.5 Å². The molecule has 0 unspecified atom stereocenters. The van der Waals surface area contributed by atoms with Crippen molar-refractivity contribution in [1.82, 2.24) is 10.2 Å². The lowest BCUT2D eigenvalue weighted by Gasteiger charge is -2.16. The molecule has 23 heavy (non-hydrogen) atoms. The normalized spacial score (nSPS) is 10.8. The number of rotatable bonds is 7. The molecule has 0 spiro atoms. The lowest BCUT2D eigenvalue weighted by atomic mass is 10.1. The van der Waals surface area contributed by atoms with Crippen molar-refractivity contribution in [2.45, 2.75) is 13.0 Å². The van der Waals surface area contributed by atoms with E-state index in [-0.39, 0.29) is 18.3 Å². The van der Waals surface area contributed by atoms with Gasteiger partial charge in [0.05, 0.1) is 6.54 Å². The van der Waals surface area contributed by atoms with E-state index >= 15 is 0 Å². The zero-order valence-electron chi connectivity index (χ0n) is 13.1. The van der Waals surface area contributed by atoms with Gasteiger partial charge < -0.3 is 5.32 Å². The molecule has 1 N–H and O–H groups in total. The molecule has 0 aliphatic carbocycles. The van der Waals surface area contributed by atoms with Gasteiger partial charge in [0.2, 0.25) is 5.91 Å². The van der Waals surface area contributed by atoms with Crippen LogP contribution in [0.2, 0.25) is 5.02 Å². The van der Waals surface area contributed by atoms with Gasteiger partial charge in [-0.15, -0.1) is 0 Å². The van der Waals surface area contributed by atoms with E-state index in [1.807, 2.05) is 24.3 Å². The molecular formula is C18H20ClFN2O. The van der Waals surface area contributed by atoms with Crippen molar-refractivity contribution in [2.24, 2.45) is 0 Å². The molecule has 0 fully saturated rings. The van der Waals surface area contributed by atoms with Crippen LogP contribution in [0.15, 0.2) is 48.5 Å². The van der Waals surface area contributed by atoms with Crippen molar-refractivity contribution < 1.29 is 9.18 Å². The number of halogens is 2. The minimum atomic E-state index is -0.249. The summed E-state index contributed by atoms with van der Waals surface area (Å²) < 4.78 is 13.6. The highest BCUT2D eigenvalue weighted by molar-refractivity contribution is 6.30. The standard InChI is InChI=1S/C18H20ClFN2O/c1-22(12-15-6-2-3-8-17(15)20)13-18(23)21-10-9-14-5-4-7-16(19)11-14/h2-8,11H,9-10,12-13H2,1H3,(H,21,23). The average Bonchev–Trinajstić information content (AvgIpc) is 2.49. The Hall–Kier alpha value is -1.91. The lowest BCUT2D eigenvalue weighted by molar-refractivity contribution is -0.122. The number of carbonyl (C=O) groups is 1. The van der Waals surface area contributed by atoms with E-state index < -0.39 is 0 Å². The SMILES string of the molecule is CN(CC(=O)NCCc1cccc(Cl)c1)Cc1ccccc1F. The first kappa shape index (κ1) is 17.4. The Morgan fingerprint density at radius 2 is 2.00 bits per heavy atom. The van der Waals surface area contributed by atoms with Gasteiger partial charge in [0, 0.05) is 23.7 Å². The summed E-state index contributed by atoms with van der Waals surface area (Å²) in [6.07, 6.45) is 0.726. The Bertz CT molecular complexity index is 663. The quantitative estimate of drug-likeness (QED) is 0.843. The van der Waals surface area contributed by atoms with E-state index in [1.54, 1.807) is 30.1 Å². The first-order valence-corrected chi connectivity index (χ1v) is 7.85. The van der Waals surface area contributed by atoms with Gasteiger partial charge in [-0.2, -0.15) is 0 Å². The molecule has 0 radical (unpaired) electrons. The summed E-state index contributed by atoms with van der Waals surface area (Å²) in [5, 5.41) is 3.56. The Morgan fingerprint density at radius 3 is 2.74 bits per heavy atom. The first-order valence-electron chi connectivity index (χ1n) is 7.47. The Kier molecular flexibility index (Phi) is 6.56. The molecule has 2 rings (SSSR count). The topological polar surface area (TPSA) is 32.3 Å². The van der Waals surface area contributed by atoms with Crippen LogP contribution in [0.5, 0.6) is 0 Å². The fourth-order valence-electron chi connectivity index (χ4n) is 2.31. The van der Waals surface area contributed by atoms with Crippen LogP contribution in [0, 0.1) is 5.82 Å². The fourth-order valence-corrected chi connectivity index (χ4v) is 2.53. The second-order valence-corrected chi connectivity index (χ2v) is 5.93. The summed E-state index contributed by atoms with van der Waals surface area (Å²) in [4.78, 5) is 13.7. The molecule has 122 valence electrons. The highest BCUT2D eigenvalue weighted by Gasteiger charge is 2.09. The van der Waals surface area contributed by atoms with Crippen molar-refractivity contribution in [3.63, 3.8) is 0 Å². The summed E-state index contributed by atoms with van der Waals surface area (Å²) in [5.74, 6) is -0.327. The average molecular weight is 335 g/mol. The van der Waals surface area contributed by atoms with Crippen LogP contribution < -0.4 is 5.32 Å². The highest BCUT2D eigenvalue weighted by Crippen LogP contribution is 2.11. The molecule has 0 aromatic heterocycles. The summed E-state index contributed by atoms with van der Waals surface area (Å²) >= 11 is 5.92.